The van der Waals surface area contributed by atoms with Crippen molar-refractivity contribution in [3.8, 4) is 17.2 Å². The van der Waals surface area contributed by atoms with Gasteiger partial charge < -0.3 is 18.6 Å². The lowest BCUT2D eigenvalue weighted by Crippen LogP contribution is -2.29. The molecule has 1 aliphatic heterocycles. The van der Waals surface area contributed by atoms with E-state index in [1.54, 1.807) is 55.5 Å². The minimum Gasteiger partial charge on any atom is -0.497 e. The maximum Gasteiger partial charge on any atom is 0.295 e. The lowest BCUT2D eigenvalue weighted by molar-refractivity contribution is 0.0971. The molecule has 0 radical (unpaired) electrons. The predicted octanol–water partition coefficient (Wildman–Crippen LogP) is 6.44. The number of carbonyl (C=O) groups excluding carboxylic acids is 1. The topological polar surface area (TPSA) is 78.2 Å². The maximum absolute atomic E-state index is 13.9. The van der Waals surface area contributed by atoms with Crippen molar-refractivity contribution in [2.45, 2.75) is 39.2 Å². The molecule has 5 rings (SSSR count). The monoisotopic (exact) mass is 513 g/mol. The van der Waals surface area contributed by atoms with Crippen molar-refractivity contribution < 1.29 is 23.4 Å². The summed E-state index contributed by atoms with van der Waals surface area (Å²) in [6.45, 7) is 4.65. The molecule has 196 valence electrons. The lowest BCUT2D eigenvalue weighted by Gasteiger charge is -2.26. The summed E-state index contributed by atoms with van der Waals surface area (Å²) in [6.07, 6.45) is 3.14. The van der Waals surface area contributed by atoms with E-state index in [9.17, 15) is 9.59 Å². The van der Waals surface area contributed by atoms with Gasteiger partial charge in [-0.2, -0.15) is 0 Å². The van der Waals surface area contributed by atoms with Crippen LogP contribution >= 0.6 is 0 Å². The summed E-state index contributed by atoms with van der Waals surface area (Å²) in [6, 6.07) is 17.4. The second kappa shape index (κ2) is 10.6. The first-order valence-electron chi connectivity index (χ1n) is 12.8. The molecule has 0 saturated heterocycles. The molecule has 1 aromatic heterocycles. The van der Waals surface area contributed by atoms with Crippen LogP contribution in [0.3, 0.4) is 0 Å². The van der Waals surface area contributed by atoms with E-state index in [4.69, 9.17) is 18.6 Å². The molecule has 7 heteroatoms. The summed E-state index contributed by atoms with van der Waals surface area (Å²) < 4.78 is 23.0. The zero-order chi connectivity index (χ0) is 26.8. The molecule has 0 saturated carbocycles. The molecule has 1 atom stereocenters. The quantitative estimate of drug-likeness (QED) is 0.240. The van der Waals surface area contributed by atoms with Crippen molar-refractivity contribution >= 4 is 22.6 Å². The van der Waals surface area contributed by atoms with Crippen LogP contribution in [0.2, 0.25) is 0 Å². The molecule has 0 fully saturated rings. The van der Waals surface area contributed by atoms with Gasteiger partial charge in [-0.25, -0.2) is 0 Å². The van der Waals surface area contributed by atoms with Gasteiger partial charge in [0.05, 0.1) is 37.8 Å². The van der Waals surface area contributed by atoms with E-state index >= 15 is 0 Å². The largest absolute Gasteiger partial charge is 0.497 e. The molecule has 3 aromatic carbocycles. The molecule has 1 amide bonds. The first-order valence-corrected chi connectivity index (χ1v) is 12.8. The number of hydrogen-bond donors (Lipinski definition) is 0. The third-order valence-electron chi connectivity index (χ3n) is 6.89. The summed E-state index contributed by atoms with van der Waals surface area (Å²) in [5.41, 5.74) is 2.73. The van der Waals surface area contributed by atoms with Gasteiger partial charge in [0.15, 0.2) is 16.9 Å². The molecule has 7 nitrogen and oxygen atoms in total. The normalized spacial score (nSPS) is 14.6. The highest BCUT2D eigenvalue weighted by atomic mass is 16.5. The standard InChI is InChI=1S/C31H31NO6/c1-5-6-7-16-37-25-15-9-20(18-26(25)36-4)28-27-29(33)23-17-19(2)8-14-24(23)38-30(27)31(34)32(28)21-10-12-22(35-3)13-11-21/h8-15,17-18,28H,5-7,16H2,1-4H3. The summed E-state index contributed by atoms with van der Waals surface area (Å²) in [4.78, 5) is 29.3. The van der Waals surface area contributed by atoms with Crippen LogP contribution in [0.5, 0.6) is 17.2 Å². The van der Waals surface area contributed by atoms with E-state index in [1.165, 1.54) is 0 Å². The van der Waals surface area contributed by atoms with Crippen molar-refractivity contribution in [1.82, 2.24) is 0 Å². The minimum atomic E-state index is -0.713. The highest BCUT2D eigenvalue weighted by Crippen LogP contribution is 2.43. The average Bonchev–Trinajstić information content (AvgIpc) is 3.23. The van der Waals surface area contributed by atoms with E-state index in [0.29, 0.717) is 51.6 Å². The van der Waals surface area contributed by atoms with Gasteiger partial charge in [0.25, 0.3) is 5.91 Å². The van der Waals surface area contributed by atoms with E-state index in [-0.39, 0.29) is 17.1 Å². The molecular weight excluding hydrogens is 482 g/mol. The van der Waals surface area contributed by atoms with Gasteiger partial charge in [0.1, 0.15) is 11.3 Å². The molecule has 2 heterocycles. The van der Waals surface area contributed by atoms with E-state index in [2.05, 4.69) is 6.92 Å². The van der Waals surface area contributed by atoms with Crippen molar-refractivity contribution in [3.05, 3.63) is 93.3 Å². The zero-order valence-electron chi connectivity index (χ0n) is 22.1. The fourth-order valence-electron chi connectivity index (χ4n) is 4.92. The van der Waals surface area contributed by atoms with Gasteiger partial charge >= 0.3 is 0 Å². The Morgan fingerprint density at radius 3 is 2.39 bits per heavy atom. The van der Waals surface area contributed by atoms with Crippen LogP contribution in [0.15, 0.2) is 69.9 Å². The van der Waals surface area contributed by atoms with Crippen LogP contribution in [0.25, 0.3) is 11.0 Å². The zero-order valence-corrected chi connectivity index (χ0v) is 22.1. The van der Waals surface area contributed by atoms with Gasteiger partial charge in [-0.3, -0.25) is 14.5 Å². The number of anilines is 1. The van der Waals surface area contributed by atoms with Gasteiger partial charge in [-0.05, 0) is 67.4 Å². The summed E-state index contributed by atoms with van der Waals surface area (Å²) in [7, 11) is 3.17. The van der Waals surface area contributed by atoms with E-state index in [0.717, 1.165) is 24.8 Å². The van der Waals surface area contributed by atoms with Crippen LogP contribution in [0.1, 0.15) is 59.5 Å². The Morgan fingerprint density at radius 2 is 1.68 bits per heavy atom. The Morgan fingerprint density at radius 1 is 0.895 bits per heavy atom. The number of methoxy groups -OCH3 is 2. The number of unbranched alkanes of at least 4 members (excludes halogenated alkanes) is 2. The van der Waals surface area contributed by atoms with Crippen LogP contribution in [0, 0.1) is 6.92 Å². The summed E-state index contributed by atoms with van der Waals surface area (Å²) in [5, 5.41) is 0.445. The first kappa shape index (κ1) is 25.4. The van der Waals surface area contributed by atoms with E-state index < -0.39 is 6.04 Å². The molecular formula is C31H31NO6. The van der Waals surface area contributed by atoms with Crippen LogP contribution < -0.4 is 24.5 Å². The number of rotatable bonds is 9. The first-order chi connectivity index (χ1) is 18.5. The maximum atomic E-state index is 13.9. The van der Waals surface area contributed by atoms with Gasteiger partial charge in [-0.15, -0.1) is 0 Å². The highest BCUT2D eigenvalue weighted by Gasteiger charge is 2.44. The number of benzene rings is 3. The average molecular weight is 514 g/mol. The lowest BCUT2D eigenvalue weighted by atomic mass is 9.97. The molecule has 0 bridgehead atoms. The number of nitrogens with zero attached hydrogens (tertiary/aromatic N) is 1. The molecule has 1 aliphatic rings. The molecule has 0 N–H and O–H groups in total. The SMILES string of the molecule is CCCCCOc1ccc(C2c3c(oc4ccc(C)cc4c3=O)C(=O)N2c2ccc(OC)cc2)cc1OC. The number of aryl methyl sites for hydroxylation is 1. The number of hydrogen-bond acceptors (Lipinski definition) is 6. The molecule has 4 aromatic rings. The molecule has 0 spiro atoms. The van der Waals surface area contributed by atoms with Crippen LogP contribution in [-0.4, -0.2) is 26.7 Å². The fraction of sp³-hybridized carbons (Fsp3) is 0.290. The number of carbonyl (C=O) groups is 1. The van der Waals surface area contributed by atoms with Crippen LogP contribution in [-0.2, 0) is 0 Å². The third-order valence-corrected chi connectivity index (χ3v) is 6.89. The Hall–Kier alpha value is -4.26. The fourth-order valence-corrected chi connectivity index (χ4v) is 4.92. The van der Waals surface area contributed by atoms with Crippen LogP contribution in [0.4, 0.5) is 5.69 Å². The highest BCUT2D eigenvalue weighted by molar-refractivity contribution is 6.10. The summed E-state index contributed by atoms with van der Waals surface area (Å²) >= 11 is 0. The van der Waals surface area contributed by atoms with Crippen molar-refractivity contribution in [2.75, 3.05) is 25.7 Å². The second-order valence-electron chi connectivity index (χ2n) is 9.42. The Bertz CT molecular complexity index is 1540. The Labute approximate surface area is 221 Å². The van der Waals surface area contributed by atoms with Gasteiger partial charge in [-0.1, -0.05) is 37.5 Å². The smallest absolute Gasteiger partial charge is 0.295 e. The van der Waals surface area contributed by atoms with Gasteiger partial charge in [0, 0.05) is 5.69 Å². The molecule has 1 unspecified atom stereocenters. The summed E-state index contributed by atoms with van der Waals surface area (Å²) in [5.74, 6) is 1.49. The Kier molecular flexibility index (Phi) is 7.09. The third kappa shape index (κ3) is 4.49. The predicted molar refractivity (Wildman–Crippen MR) is 147 cm³/mol. The number of ether oxygens (including phenoxy) is 3. The van der Waals surface area contributed by atoms with Gasteiger partial charge in [0.2, 0.25) is 5.76 Å². The second-order valence-corrected chi connectivity index (χ2v) is 9.42. The molecule has 38 heavy (non-hydrogen) atoms. The number of fused-ring (bicyclic) bond motifs is 2. The minimum absolute atomic E-state index is 0.0473. The van der Waals surface area contributed by atoms with Crippen molar-refractivity contribution in [3.63, 3.8) is 0 Å². The van der Waals surface area contributed by atoms with Crippen molar-refractivity contribution in [2.24, 2.45) is 0 Å². The van der Waals surface area contributed by atoms with E-state index in [1.807, 2.05) is 31.2 Å². The Balaban J connectivity index is 1.66. The van der Waals surface area contributed by atoms with Crippen molar-refractivity contribution in [1.29, 1.82) is 0 Å². The molecule has 0 aliphatic carbocycles. The number of amides is 1.